The zero-order chi connectivity index (χ0) is 32.5. The highest BCUT2D eigenvalue weighted by molar-refractivity contribution is 6.26. The minimum atomic E-state index is -2.97. The second kappa shape index (κ2) is 11.3. The lowest BCUT2D eigenvalue weighted by atomic mass is 9.50. The van der Waals surface area contributed by atoms with Gasteiger partial charge in [0, 0.05) is 30.0 Å². The largest absolute Gasteiger partial charge is 0.507 e. The number of likely N-dealkylation sites (N-methyl/N-ethyl adjacent to an activating group) is 1. The Balaban J connectivity index is 1.48. The third-order valence-electron chi connectivity index (χ3n) is 10.4. The van der Waals surface area contributed by atoms with Crippen molar-refractivity contribution in [1.29, 1.82) is 0 Å². The second-order valence-electron chi connectivity index (χ2n) is 13.0. The number of likely N-dealkylation sites (tertiary alicyclic amines) is 1. The van der Waals surface area contributed by atoms with Gasteiger partial charge in [0.25, 0.3) is 0 Å². The van der Waals surface area contributed by atoms with Crippen molar-refractivity contribution in [2.45, 2.75) is 49.7 Å². The second-order valence-corrected chi connectivity index (χ2v) is 13.0. The number of benzene rings is 2. The van der Waals surface area contributed by atoms with Gasteiger partial charge in [-0.15, -0.1) is 0 Å². The van der Waals surface area contributed by atoms with E-state index in [1.807, 2.05) is 18.2 Å². The Morgan fingerprint density at radius 3 is 2.36 bits per heavy atom. The molecule has 8 atom stereocenters. The number of carbonyl (C=O) groups excluding carboxylic acids is 4. The minimum absolute atomic E-state index is 0.0574. The molecule has 3 unspecified atom stereocenters. The van der Waals surface area contributed by atoms with E-state index >= 15 is 0 Å². The summed E-state index contributed by atoms with van der Waals surface area (Å²) in [5.41, 5.74) is 4.99. The van der Waals surface area contributed by atoms with Crippen molar-refractivity contribution < 1.29 is 44.3 Å². The number of nitrogens with two attached hydrogens (primary N) is 1. The predicted molar refractivity (Wildman–Crippen MR) is 160 cm³/mol. The van der Waals surface area contributed by atoms with E-state index in [2.05, 4.69) is 4.90 Å². The predicted octanol–water partition coefficient (Wildman–Crippen LogP) is -0.0990. The lowest BCUT2D eigenvalue weighted by molar-refractivity contribution is -0.207. The number of phenolic OH excluding ortho intramolecular Hbond substituents is 1. The average molecular weight is 622 g/mol. The maximum Gasteiger partial charge on any atom is 0.230 e. The van der Waals surface area contributed by atoms with Crippen molar-refractivity contribution in [2.75, 3.05) is 34.3 Å². The van der Waals surface area contributed by atoms with Gasteiger partial charge in [-0.1, -0.05) is 12.1 Å². The Kier molecular flexibility index (Phi) is 7.85. The molecule has 6 N–H and O–H groups in total. The van der Waals surface area contributed by atoms with E-state index in [1.165, 1.54) is 32.2 Å². The molecular weight excluding hydrogens is 582 g/mol. The minimum Gasteiger partial charge on any atom is -0.507 e. The number of primary amides is 1. The van der Waals surface area contributed by atoms with Crippen molar-refractivity contribution in [1.82, 2.24) is 9.80 Å². The van der Waals surface area contributed by atoms with Crippen LogP contribution in [0.3, 0.4) is 0 Å². The highest BCUT2D eigenvalue weighted by atomic mass is 16.5. The van der Waals surface area contributed by atoms with Crippen LogP contribution in [-0.4, -0.2) is 112 Å². The van der Waals surface area contributed by atoms with Crippen LogP contribution in [0.15, 0.2) is 30.3 Å². The number of aromatic hydroxyl groups is 1. The first-order valence-electron chi connectivity index (χ1n) is 15.2. The lowest BCUT2D eigenvalue weighted by Crippen LogP contribution is -2.78. The van der Waals surface area contributed by atoms with E-state index in [0.29, 0.717) is 22.4 Å². The fourth-order valence-electron chi connectivity index (χ4n) is 8.35. The number of rotatable bonds is 6. The van der Waals surface area contributed by atoms with Crippen LogP contribution >= 0.6 is 0 Å². The topological polar surface area (TPSA) is 191 Å². The molecule has 0 spiro atoms. The molecule has 1 aliphatic heterocycles. The van der Waals surface area contributed by atoms with E-state index in [0.717, 1.165) is 38.0 Å². The number of amides is 1. The number of hydrogen-bond acceptors (Lipinski definition) is 11. The molecule has 2 saturated carbocycles. The first-order chi connectivity index (χ1) is 21.3. The molecule has 1 saturated heterocycles. The van der Waals surface area contributed by atoms with Crippen LogP contribution in [-0.2, 0) is 27.3 Å². The van der Waals surface area contributed by atoms with Crippen molar-refractivity contribution in [3.8, 4) is 22.6 Å². The lowest BCUT2D eigenvalue weighted by Gasteiger charge is -2.56. The highest BCUT2D eigenvalue weighted by Gasteiger charge is 2.72. The van der Waals surface area contributed by atoms with E-state index in [-0.39, 0.29) is 17.7 Å². The Hall–Kier alpha value is -3.68. The highest BCUT2D eigenvalue weighted by Crippen LogP contribution is 2.53. The first-order valence-corrected chi connectivity index (χ1v) is 15.2. The van der Waals surface area contributed by atoms with Crippen LogP contribution < -0.4 is 10.5 Å². The van der Waals surface area contributed by atoms with Crippen molar-refractivity contribution in [3.63, 3.8) is 0 Å². The molecular formula is C33H39N3O9. The maximum absolute atomic E-state index is 14.2. The normalized spacial score (nSPS) is 33.1. The van der Waals surface area contributed by atoms with Gasteiger partial charge < -0.3 is 35.8 Å². The van der Waals surface area contributed by atoms with E-state index in [9.17, 15) is 39.6 Å². The van der Waals surface area contributed by atoms with Crippen LogP contribution in [0.25, 0.3) is 11.1 Å². The van der Waals surface area contributed by atoms with Crippen LogP contribution in [0.5, 0.6) is 11.5 Å². The Bertz CT molecular complexity index is 1590. The number of fused-ring (bicyclic) bond motifs is 3. The number of aliphatic hydroxyl groups is 3. The summed E-state index contributed by atoms with van der Waals surface area (Å²) in [6, 6.07) is 7.59. The monoisotopic (exact) mass is 621 g/mol. The third-order valence-corrected chi connectivity index (χ3v) is 10.4. The molecule has 4 aliphatic rings. The fraction of sp³-hybridized carbons (Fsp3) is 0.515. The molecule has 6 rings (SSSR count). The van der Waals surface area contributed by atoms with E-state index < -0.39 is 70.8 Å². The average Bonchev–Trinajstić information content (AvgIpc) is 3.50. The summed E-state index contributed by atoms with van der Waals surface area (Å²) >= 11 is 0. The Morgan fingerprint density at radius 1 is 1.04 bits per heavy atom. The number of carbonyl (C=O) groups is 4. The molecule has 1 amide bonds. The Morgan fingerprint density at radius 2 is 1.73 bits per heavy atom. The van der Waals surface area contributed by atoms with Crippen molar-refractivity contribution in [3.05, 3.63) is 47.0 Å². The van der Waals surface area contributed by atoms with Gasteiger partial charge in [0.2, 0.25) is 5.91 Å². The number of Topliss-reactive ketones (excluding diaryl/α,β-unsaturated/α-hetero) is 3. The molecule has 2 aromatic carbocycles. The van der Waals surface area contributed by atoms with Crippen LogP contribution in [0.4, 0.5) is 0 Å². The summed E-state index contributed by atoms with van der Waals surface area (Å²) in [7, 11) is 4.57. The molecule has 0 radical (unpaired) electrons. The van der Waals surface area contributed by atoms with E-state index in [1.54, 1.807) is 6.07 Å². The van der Waals surface area contributed by atoms with Crippen molar-refractivity contribution in [2.24, 2.45) is 29.4 Å². The van der Waals surface area contributed by atoms with Gasteiger partial charge in [-0.2, -0.15) is 0 Å². The quantitative estimate of drug-likeness (QED) is 0.271. The van der Waals surface area contributed by atoms with Gasteiger partial charge in [-0.25, -0.2) is 0 Å². The number of aliphatic hydroxyl groups excluding tert-OH is 2. The van der Waals surface area contributed by atoms with Crippen LogP contribution in [0, 0.1) is 23.7 Å². The first kappa shape index (κ1) is 31.3. The number of phenols is 1. The molecule has 3 fully saturated rings. The molecule has 12 heteroatoms. The summed E-state index contributed by atoms with van der Waals surface area (Å²) in [6.07, 6.45) is -1.14. The van der Waals surface area contributed by atoms with Gasteiger partial charge >= 0.3 is 0 Å². The molecule has 12 nitrogen and oxygen atoms in total. The molecule has 240 valence electrons. The third kappa shape index (κ3) is 4.61. The molecule has 1 heterocycles. The zero-order valence-corrected chi connectivity index (χ0v) is 25.5. The van der Waals surface area contributed by atoms with Gasteiger partial charge in [0.15, 0.2) is 23.0 Å². The van der Waals surface area contributed by atoms with Gasteiger partial charge in [0.05, 0.1) is 30.8 Å². The molecule has 0 aromatic heterocycles. The SMILES string of the molecule is COc1ccc(CN2CCCC2)cc1-c1ccc(O)c2c1C[C@H]1C(C2=O)C(=O)[C@@]2(O)C(=O)C(C(N)=O)C(O)[C@H](N(C)C)[C@H]2[C@@H]1O. The fourth-order valence-corrected chi connectivity index (χ4v) is 8.35. The number of nitrogens with zero attached hydrogens (tertiary/aromatic N) is 2. The summed E-state index contributed by atoms with van der Waals surface area (Å²) in [4.78, 5) is 57.9. The summed E-state index contributed by atoms with van der Waals surface area (Å²) in [6.45, 7) is 2.72. The van der Waals surface area contributed by atoms with Gasteiger partial charge in [-0.3, -0.25) is 24.1 Å². The number of hydrogen-bond donors (Lipinski definition) is 5. The summed E-state index contributed by atoms with van der Waals surface area (Å²) in [5, 5.41) is 45.8. The molecule has 0 bridgehead atoms. The van der Waals surface area contributed by atoms with Crippen molar-refractivity contribution >= 4 is 23.3 Å². The van der Waals surface area contributed by atoms with E-state index in [4.69, 9.17) is 10.5 Å². The van der Waals surface area contributed by atoms with Crippen LogP contribution in [0.2, 0.25) is 0 Å². The smallest absolute Gasteiger partial charge is 0.230 e. The zero-order valence-electron chi connectivity index (χ0n) is 25.5. The van der Waals surface area contributed by atoms with Crippen LogP contribution in [0.1, 0.15) is 34.3 Å². The maximum atomic E-state index is 14.2. The van der Waals surface area contributed by atoms with Gasteiger partial charge in [-0.05, 0) is 81.3 Å². The molecule has 45 heavy (non-hydrogen) atoms. The Labute approximate surface area is 260 Å². The number of methoxy groups -OCH3 is 1. The summed E-state index contributed by atoms with van der Waals surface area (Å²) < 4.78 is 5.69. The standard InChI is InChI=1S/C33H39N3O9/c1-35(2)26-25-27(38)19-13-18-16(17-12-15(6-9-21(17)45-3)14-36-10-4-5-11-36)7-8-20(37)22(18)28(39)23(19)30(41)33(25,44)31(42)24(29(26)40)32(34)43/h6-9,12,19,23-27,29,37-38,40,44H,4-5,10-11,13-14H2,1-3H3,(H2,34,43)/t19-,23?,24?,25-,26+,27+,29?,33+/m0/s1. The molecule has 3 aliphatic carbocycles. The number of ketones is 3. The molecule has 2 aromatic rings. The summed E-state index contributed by atoms with van der Waals surface area (Å²) in [5.74, 6) is -10.7. The van der Waals surface area contributed by atoms with Gasteiger partial charge in [0.1, 0.15) is 17.4 Å². The number of ether oxygens (including phenoxy) is 1.